The monoisotopic (exact) mass is 426 g/mol. The smallest absolute Gasteiger partial charge is 0.339 e. The molecule has 32 heavy (non-hydrogen) atoms. The van der Waals surface area contributed by atoms with Gasteiger partial charge in [0, 0.05) is 28.6 Å². The Balaban J connectivity index is 1.71. The molecule has 0 aliphatic carbocycles. The van der Waals surface area contributed by atoms with Crippen LogP contribution in [0.15, 0.2) is 78.9 Å². The number of fused-ring (bicyclic) bond motifs is 1. The van der Waals surface area contributed by atoms with Crippen molar-refractivity contribution in [2.45, 2.75) is 6.92 Å². The molecule has 0 amide bonds. The third kappa shape index (κ3) is 4.37. The minimum absolute atomic E-state index is 0.0779. The van der Waals surface area contributed by atoms with Crippen LogP contribution in [0.3, 0.4) is 0 Å². The lowest BCUT2D eigenvalue weighted by atomic mass is 10.0. The summed E-state index contributed by atoms with van der Waals surface area (Å²) in [6.07, 6.45) is 0. The summed E-state index contributed by atoms with van der Waals surface area (Å²) in [4.78, 5) is 40.5. The Hall–Kier alpha value is -4.39. The third-order valence-electron chi connectivity index (χ3n) is 4.97. The van der Waals surface area contributed by atoms with Crippen molar-refractivity contribution in [3.8, 4) is 11.3 Å². The molecule has 158 valence electrons. The third-order valence-corrected chi connectivity index (χ3v) is 4.97. The minimum atomic E-state index is -0.668. The van der Waals surface area contributed by atoms with Crippen LogP contribution in [0.2, 0.25) is 0 Å². The van der Waals surface area contributed by atoms with Crippen LogP contribution in [0.5, 0.6) is 0 Å². The first-order valence-electron chi connectivity index (χ1n) is 9.84. The van der Waals surface area contributed by atoms with E-state index in [1.807, 2.05) is 19.1 Å². The zero-order valence-electron chi connectivity index (χ0n) is 17.1. The van der Waals surface area contributed by atoms with Crippen molar-refractivity contribution >= 4 is 28.3 Å². The molecule has 0 aliphatic rings. The second-order valence-corrected chi connectivity index (χ2v) is 7.25. The van der Waals surface area contributed by atoms with Gasteiger partial charge in [0.15, 0.2) is 12.4 Å². The highest BCUT2D eigenvalue weighted by molar-refractivity contribution is 6.06. The summed E-state index contributed by atoms with van der Waals surface area (Å²) in [5.41, 5.74) is 2.97. The van der Waals surface area contributed by atoms with Gasteiger partial charge in [-0.15, -0.1) is 0 Å². The maximum atomic E-state index is 13.0. The van der Waals surface area contributed by atoms with Gasteiger partial charge in [-0.2, -0.15) is 0 Å². The zero-order valence-corrected chi connectivity index (χ0v) is 17.1. The fraction of sp³-hybridized carbons (Fsp3) is 0.0800. The lowest BCUT2D eigenvalue weighted by Crippen LogP contribution is -2.15. The molecule has 0 N–H and O–H groups in total. The highest BCUT2D eigenvalue weighted by Crippen LogP contribution is 2.28. The molecule has 1 aromatic heterocycles. The van der Waals surface area contributed by atoms with E-state index in [1.54, 1.807) is 48.5 Å². The number of pyridine rings is 1. The molecule has 0 spiro atoms. The predicted octanol–water partition coefficient (Wildman–Crippen LogP) is 5.16. The molecule has 0 saturated heterocycles. The van der Waals surface area contributed by atoms with Crippen molar-refractivity contribution in [3.63, 3.8) is 0 Å². The number of nitrogens with zero attached hydrogens (tertiary/aromatic N) is 2. The first kappa shape index (κ1) is 20.9. The van der Waals surface area contributed by atoms with Crippen LogP contribution in [0.4, 0.5) is 5.69 Å². The Morgan fingerprint density at radius 3 is 2.50 bits per heavy atom. The lowest BCUT2D eigenvalue weighted by molar-refractivity contribution is -0.384. The van der Waals surface area contributed by atoms with E-state index in [-0.39, 0.29) is 17.0 Å². The standard InChI is InChI=1S/C25H18N2O5/c1-16-10-11-22-20(12-16)21(25(29)32-15-24(28)17-6-3-2-4-7-17)14-23(26-22)18-8-5-9-19(13-18)27(30)31/h2-14H,15H2,1H3. The number of hydrogen-bond acceptors (Lipinski definition) is 6. The topological polar surface area (TPSA) is 99.4 Å². The van der Waals surface area contributed by atoms with Crippen LogP contribution in [0.1, 0.15) is 26.3 Å². The van der Waals surface area contributed by atoms with Crippen LogP contribution in [-0.2, 0) is 4.74 Å². The van der Waals surface area contributed by atoms with Gasteiger partial charge in [0.25, 0.3) is 5.69 Å². The predicted molar refractivity (Wildman–Crippen MR) is 120 cm³/mol. The summed E-state index contributed by atoms with van der Waals surface area (Å²) >= 11 is 0. The molecule has 0 atom stereocenters. The number of carbonyl (C=O) groups is 2. The van der Waals surface area contributed by atoms with E-state index in [4.69, 9.17) is 4.74 Å². The summed E-state index contributed by atoms with van der Waals surface area (Å²) in [5.74, 6) is -0.980. The molecular weight excluding hydrogens is 408 g/mol. The second-order valence-electron chi connectivity index (χ2n) is 7.25. The van der Waals surface area contributed by atoms with Gasteiger partial charge in [0.2, 0.25) is 0 Å². The molecule has 7 nitrogen and oxygen atoms in total. The van der Waals surface area contributed by atoms with Crippen molar-refractivity contribution < 1.29 is 19.2 Å². The normalized spacial score (nSPS) is 10.7. The molecule has 0 fully saturated rings. The second kappa shape index (κ2) is 8.77. The summed E-state index contributed by atoms with van der Waals surface area (Å²) in [6.45, 7) is 1.49. The van der Waals surface area contributed by atoms with Gasteiger partial charge in [-0.25, -0.2) is 9.78 Å². The van der Waals surface area contributed by atoms with Gasteiger partial charge in [0.1, 0.15) is 0 Å². The number of ether oxygens (including phenoxy) is 1. The lowest BCUT2D eigenvalue weighted by Gasteiger charge is -2.11. The summed E-state index contributed by atoms with van der Waals surface area (Å²) < 4.78 is 5.32. The number of non-ortho nitro benzene ring substituents is 1. The Morgan fingerprint density at radius 2 is 1.75 bits per heavy atom. The molecule has 1 heterocycles. The number of hydrogen-bond donors (Lipinski definition) is 0. The number of nitro groups is 1. The summed E-state index contributed by atoms with van der Waals surface area (Å²) in [7, 11) is 0. The Labute approximate surface area is 183 Å². The highest BCUT2D eigenvalue weighted by atomic mass is 16.6. The van der Waals surface area contributed by atoms with Crippen LogP contribution < -0.4 is 0 Å². The van der Waals surface area contributed by atoms with Crippen molar-refractivity contribution in [1.82, 2.24) is 4.98 Å². The first-order chi connectivity index (χ1) is 15.4. The van der Waals surface area contributed by atoms with Gasteiger partial charge in [-0.05, 0) is 25.1 Å². The Kier molecular flexibility index (Phi) is 5.72. The van der Waals surface area contributed by atoms with Crippen LogP contribution in [0.25, 0.3) is 22.2 Å². The fourth-order valence-electron chi connectivity index (χ4n) is 3.35. The highest BCUT2D eigenvalue weighted by Gasteiger charge is 2.18. The number of esters is 1. The summed E-state index contributed by atoms with van der Waals surface area (Å²) in [6, 6.07) is 21.6. The van der Waals surface area contributed by atoms with E-state index in [1.165, 1.54) is 18.2 Å². The fourth-order valence-corrected chi connectivity index (χ4v) is 3.35. The number of ketones is 1. The van der Waals surface area contributed by atoms with Crippen molar-refractivity contribution in [2.24, 2.45) is 0 Å². The first-order valence-corrected chi connectivity index (χ1v) is 9.84. The number of benzene rings is 3. The van der Waals surface area contributed by atoms with Crippen LogP contribution in [0, 0.1) is 17.0 Å². The molecule has 0 unspecified atom stereocenters. The van der Waals surface area contributed by atoms with Gasteiger partial charge in [-0.3, -0.25) is 14.9 Å². The number of rotatable bonds is 6. The largest absolute Gasteiger partial charge is 0.454 e. The van der Waals surface area contributed by atoms with E-state index in [9.17, 15) is 19.7 Å². The van der Waals surface area contributed by atoms with Crippen molar-refractivity contribution in [2.75, 3.05) is 6.61 Å². The SMILES string of the molecule is Cc1ccc2nc(-c3cccc([N+](=O)[O-])c3)cc(C(=O)OCC(=O)c3ccccc3)c2c1. The van der Waals surface area contributed by atoms with E-state index < -0.39 is 17.5 Å². The molecule has 4 rings (SSSR count). The molecule has 0 aliphatic heterocycles. The van der Waals surface area contributed by atoms with E-state index in [0.717, 1.165) is 5.56 Å². The molecular formula is C25H18N2O5. The molecule has 0 saturated carbocycles. The molecule has 3 aromatic carbocycles. The number of Topliss-reactive ketones (excluding diaryl/α,β-unsaturated/α-hetero) is 1. The number of nitro benzene ring substituents is 1. The van der Waals surface area contributed by atoms with Crippen LogP contribution in [-0.4, -0.2) is 28.3 Å². The molecule has 7 heteroatoms. The van der Waals surface area contributed by atoms with Gasteiger partial charge in [0.05, 0.1) is 21.7 Å². The number of carbonyl (C=O) groups excluding carboxylic acids is 2. The molecule has 4 aromatic rings. The Bertz CT molecular complexity index is 1350. The maximum Gasteiger partial charge on any atom is 0.339 e. The van der Waals surface area contributed by atoms with Crippen LogP contribution >= 0.6 is 0 Å². The maximum absolute atomic E-state index is 13.0. The average Bonchev–Trinajstić information content (AvgIpc) is 2.82. The van der Waals surface area contributed by atoms with E-state index >= 15 is 0 Å². The van der Waals surface area contributed by atoms with Gasteiger partial charge < -0.3 is 4.74 Å². The zero-order chi connectivity index (χ0) is 22.7. The number of aromatic nitrogens is 1. The number of aryl methyl sites for hydroxylation is 1. The van der Waals surface area contributed by atoms with E-state index in [2.05, 4.69) is 4.98 Å². The van der Waals surface area contributed by atoms with Crippen molar-refractivity contribution in [1.29, 1.82) is 0 Å². The van der Waals surface area contributed by atoms with Crippen molar-refractivity contribution in [3.05, 3.63) is 106 Å². The van der Waals surface area contributed by atoms with Gasteiger partial charge in [-0.1, -0.05) is 54.1 Å². The molecule has 0 bridgehead atoms. The van der Waals surface area contributed by atoms with E-state index in [0.29, 0.717) is 27.7 Å². The molecule has 0 radical (unpaired) electrons. The van der Waals surface area contributed by atoms with Gasteiger partial charge >= 0.3 is 5.97 Å². The average molecular weight is 426 g/mol. The quantitative estimate of drug-likeness (QED) is 0.183. The minimum Gasteiger partial charge on any atom is -0.454 e. The summed E-state index contributed by atoms with van der Waals surface area (Å²) in [5, 5.41) is 11.7. The Morgan fingerprint density at radius 1 is 0.969 bits per heavy atom.